The zero-order valence-electron chi connectivity index (χ0n) is 11.5. The summed E-state index contributed by atoms with van der Waals surface area (Å²) in [5, 5.41) is 9.26. The molecule has 1 unspecified atom stereocenters. The normalized spacial score (nSPS) is 18.9. The van der Waals surface area contributed by atoms with Crippen LogP contribution in [-0.2, 0) is 4.79 Å². The Morgan fingerprint density at radius 2 is 2.15 bits per heavy atom. The Morgan fingerprint density at radius 1 is 1.50 bits per heavy atom. The average molecular weight is 300 g/mol. The van der Waals surface area contributed by atoms with Crippen molar-refractivity contribution < 1.29 is 14.3 Å². The number of benzene rings is 1. The Kier molecular flexibility index (Phi) is 5.00. The van der Waals surface area contributed by atoms with Gasteiger partial charge in [-0.1, -0.05) is 17.7 Å². The third-order valence-corrected chi connectivity index (χ3v) is 4.40. The van der Waals surface area contributed by atoms with Crippen LogP contribution in [0.4, 0.5) is 4.39 Å². The Hall–Kier alpha value is -1.13. The standard InChI is InChI=1S/C15H19ClFNO2/c1-10(13-3-2-12(17)9-14(13)16)18-6-4-11(5-7-18)8-15(19)20/h2-3,9-11H,4-8H2,1H3,(H,19,20). The molecule has 110 valence electrons. The highest BCUT2D eigenvalue weighted by Crippen LogP contribution is 2.31. The molecule has 1 aromatic carbocycles. The summed E-state index contributed by atoms with van der Waals surface area (Å²) in [6, 6.07) is 4.61. The van der Waals surface area contributed by atoms with Gasteiger partial charge in [-0.3, -0.25) is 9.69 Å². The first-order valence-electron chi connectivity index (χ1n) is 6.88. The van der Waals surface area contributed by atoms with Crippen LogP contribution in [0.3, 0.4) is 0 Å². The van der Waals surface area contributed by atoms with Crippen molar-refractivity contribution in [3.05, 3.63) is 34.6 Å². The monoisotopic (exact) mass is 299 g/mol. The number of carbonyl (C=O) groups is 1. The van der Waals surface area contributed by atoms with Crippen LogP contribution >= 0.6 is 11.6 Å². The third kappa shape index (κ3) is 3.70. The van der Waals surface area contributed by atoms with Crippen molar-refractivity contribution in [3.63, 3.8) is 0 Å². The van der Waals surface area contributed by atoms with Crippen LogP contribution < -0.4 is 0 Å². The molecule has 0 bridgehead atoms. The van der Waals surface area contributed by atoms with Crippen molar-refractivity contribution in [1.82, 2.24) is 4.90 Å². The van der Waals surface area contributed by atoms with E-state index in [2.05, 4.69) is 11.8 Å². The van der Waals surface area contributed by atoms with Gasteiger partial charge in [0.05, 0.1) is 0 Å². The van der Waals surface area contributed by atoms with E-state index in [1.54, 1.807) is 6.07 Å². The average Bonchev–Trinajstić information content (AvgIpc) is 2.38. The Morgan fingerprint density at radius 3 is 2.70 bits per heavy atom. The van der Waals surface area contributed by atoms with Crippen molar-refractivity contribution in [2.24, 2.45) is 5.92 Å². The molecular formula is C15H19ClFNO2. The number of hydrogen-bond acceptors (Lipinski definition) is 2. The summed E-state index contributed by atoms with van der Waals surface area (Å²) in [7, 11) is 0. The van der Waals surface area contributed by atoms with Crippen LogP contribution in [-0.4, -0.2) is 29.1 Å². The molecule has 0 saturated carbocycles. The van der Waals surface area contributed by atoms with Crippen molar-refractivity contribution >= 4 is 17.6 Å². The summed E-state index contributed by atoms with van der Waals surface area (Å²) in [5.74, 6) is -0.788. The fourth-order valence-corrected chi connectivity index (χ4v) is 3.15. The molecule has 2 rings (SSSR count). The molecule has 0 spiro atoms. The topological polar surface area (TPSA) is 40.5 Å². The summed E-state index contributed by atoms with van der Waals surface area (Å²) in [6.45, 7) is 3.76. The Balaban J connectivity index is 1.97. The first-order valence-corrected chi connectivity index (χ1v) is 7.26. The Labute approximate surface area is 123 Å². The molecule has 1 atom stereocenters. The highest BCUT2D eigenvalue weighted by Gasteiger charge is 2.25. The van der Waals surface area contributed by atoms with Crippen LogP contribution in [0.1, 0.15) is 37.8 Å². The maximum absolute atomic E-state index is 13.1. The maximum Gasteiger partial charge on any atom is 0.303 e. The molecule has 1 aliphatic heterocycles. The van der Waals surface area contributed by atoms with Crippen molar-refractivity contribution in [3.8, 4) is 0 Å². The number of rotatable bonds is 4. The number of carboxylic acid groups (broad SMARTS) is 1. The number of carboxylic acids is 1. The van der Waals surface area contributed by atoms with E-state index in [0.29, 0.717) is 5.02 Å². The molecule has 0 radical (unpaired) electrons. The summed E-state index contributed by atoms with van der Waals surface area (Å²) < 4.78 is 13.1. The van der Waals surface area contributed by atoms with Gasteiger partial charge in [0.15, 0.2) is 0 Å². The molecule has 1 aliphatic rings. The van der Waals surface area contributed by atoms with Gasteiger partial charge in [0.1, 0.15) is 5.82 Å². The van der Waals surface area contributed by atoms with Gasteiger partial charge in [-0.2, -0.15) is 0 Å². The lowest BCUT2D eigenvalue weighted by Gasteiger charge is -2.36. The van der Waals surface area contributed by atoms with Gasteiger partial charge < -0.3 is 5.11 Å². The number of halogens is 2. The highest BCUT2D eigenvalue weighted by molar-refractivity contribution is 6.31. The van der Waals surface area contributed by atoms with Gasteiger partial charge in [-0.05, 0) is 56.5 Å². The quantitative estimate of drug-likeness (QED) is 0.921. The van der Waals surface area contributed by atoms with E-state index in [-0.39, 0.29) is 24.2 Å². The number of aliphatic carboxylic acids is 1. The molecular weight excluding hydrogens is 281 g/mol. The fraction of sp³-hybridized carbons (Fsp3) is 0.533. The van der Waals surface area contributed by atoms with Crippen LogP contribution in [0.5, 0.6) is 0 Å². The molecule has 3 nitrogen and oxygen atoms in total. The minimum absolute atomic E-state index is 0.119. The number of hydrogen-bond donors (Lipinski definition) is 1. The molecule has 1 heterocycles. The molecule has 5 heteroatoms. The molecule has 0 amide bonds. The van der Waals surface area contributed by atoms with Gasteiger partial charge in [0.25, 0.3) is 0 Å². The number of piperidine rings is 1. The molecule has 1 aromatic rings. The first-order chi connectivity index (χ1) is 9.47. The lowest BCUT2D eigenvalue weighted by molar-refractivity contribution is -0.138. The lowest BCUT2D eigenvalue weighted by Crippen LogP contribution is -2.36. The van der Waals surface area contributed by atoms with E-state index >= 15 is 0 Å². The van der Waals surface area contributed by atoms with Gasteiger partial charge in [0.2, 0.25) is 0 Å². The first kappa shape index (κ1) is 15.3. The van der Waals surface area contributed by atoms with E-state index in [9.17, 15) is 9.18 Å². The van der Waals surface area contributed by atoms with Crippen molar-refractivity contribution in [1.29, 1.82) is 0 Å². The summed E-state index contributed by atoms with van der Waals surface area (Å²) in [6.07, 6.45) is 2.02. The van der Waals surface area contributed by atoms with Gasteiger partial charge in [-0.25, -0.2) is 4.39 Å². The number of nitrogens with zero attached hydrogens (tertiary/aromatic N) is 1. The van der Waals surface area contributed by atoms with Crippen LogP contribution in [0.2, 0.25) is 5.02 Å². The zero-order valence-corrected chi connectivity index (χ0v) is 12.2. The predicted octanol–water partition coefficient (Wildman–Crippen LogP) is 3.73. The van der Waals surface area contributed by atoms with Crippen LogP contribution in [0, 0.1) is 11.7 Å². The third-order valence-electron chi connectivity index (χ3n) is 4.07. The van der Waals surface area contributed by atoms with E-state index in [1.807, 2.05) is 0 Å². The highest BCUT2D eigenvalue weighted by atomic mass is 35.5. The van der Waals surface area contributed by atoms with Crippen LogP contribution in [0.25, 0.3) is 0 Å². The second-order valence-electron chi connectivity index (χ2n) is 5.42. The summed E-state index contributed by atoms with van der Waals surface area (Å²) in [5.41, 5.74) is 0.921. The fourth-order valence-electron chi connectivity index (χ4n) is 2.83. The molecule has 1 saturated heterocycles. The minimum atomic E-state index is -0.724. The second kappa shape index (κ2) is 6.55. The predicted molar refractivity (Wildman–Crippen MR) is 76.4 cm³/mol. The molecule has 1 fully saturated rings. The zero-order chi connectivity index (χ0) is 14.7. The van der Waals surface area contributed by atoms with Crippen LogP contribution in [0.15, 0.2) is 18.2 Å². The summed E-state index contributed by atoms with van der Waals surface area (Å²) >= 11 is 6.10. The van der Waals surface area contributed by atoms with Gasteiger partial charge in [-0.15, -0.1) is 0 Å². The van der Waals surface area contributed by atoms with Gasteiger partial charge in [0, 0.05) is 17.5 Å². The second-order valence-corrected chi connectivity index (χ2v) is 5.83. The van der Waals surface area contributed by atoms with E-state index < -0.39 is 5.97 Å². The molecule has 0 aromatic heterocycles. The lowest BCUT2D eigenvalue weighted by atomic mass is 9.92. The van der Waals surface area contributed by atoms with E-state index in [0.717, 1.165) is 31.5 Å². The number of likely N-dealkylation sites (tertiary alicyclic amines) is 1. The SMILES string of the molecule is CC(c1ccc(F)cc1Cl)N1CCC(CC(=O)O)CC1. The van der Waals surface area contributed by atoms with E-state index in [4.69, 9.17) is 16.7 Å². The molecule has 20 heavy (non-hydrogen) atoms. The maximum atomic E-state index is 13.1. The largest absolute Gasteiger partial charge is 0.481 e. The van der Waals surface area contributed by atoms with Crippen molar-refractivity contribution in [2.45, 2.75) is 32.2 Å². The van der Waals surface area contributed by atoms with E-state index in [1.165, 1.54) is 12.1 Å². The smallest absolute Gasteiger partial charge is 0.303 e. The van der Waals surface area contributed by atoms with Gasteiger partial charge >= 0.3 is 5.97 Å². The molecule has 0 aliphatic carbocycles. The summed E-state index contributed by atoms with van der Waals surface area (Å²) in [4.78, 5) is 13.0. The Bertz CT molecular complexity index is 487. The minimum Gasteiger partial charge on any atom is -0.481 e. The molecule has 1 N–H and O–H groups in total. The van der Waals surface area contributed by atoms with Crippen molar-refractivity contribution in [2.75, 3.05) is 13.1 Å².